The molecular formula is C10H17Br. The Morgan fingerprint density at radius 3 is 2.55 bits per heavy atom. The van der Waals surface area contributed by atoms with Gasteiger partial charge in [0, 0.05) is 0 Å². The zero-order valence-electron chi connectivity index (χ0n) is 7.60. The number of rotatable bonds is 4. The zero-order chi connectivity index (χ0) is 8.69. The Morgan fingerprint density at radius 2 is 2.09 bits per heavy atom. The minimum atomic E-state index is 0.685. The topological polar surface area (TPSA) is 0 Å². The summed E-state index contributed by atoms with van der Waals surface area (Å²) >= 11 is 3.27. The highest BCUT2D eigenvalue weighted by atomic mass is 79.9. The molecule has 0 rings (SSSR count). The predicted octanol–water partition coefficient (Wildman–Crippen LogP) is 4.28. The Labute approximate surface area is 78.5 Å². The minimum absolute atomic E-state index is 0.685. The van der Waals surface area contributed by atoms with Crippen LogP contribution in [0.15, 0.2) is 22.7 Å². The third-order valence-electron chi connectivity index (χ3n) is 1.58. The molecule has 0 saturated carbocycles. The van der Waals surface area contributed by atoms with Crippen molar-refractivity contribution in [1.82, 2.24) is 0 Å². The third kappa shape index (κ3) is 7.86. The maximum Gasteiger partial charge on any atom is -0.0226 e. The Kier molecular flexibility index (Phi) is 6.63. The fourth-order valence-corrected chi connectivity index (χ4v) is 1.38. The summed E-state index contributed by atoms with van der Waals surface area (Å²) in [6.07, 6.45) is 6.91. The first-order valence-electron chi connectivity index (χ1n) is 4.07. The molecule has 0 aromatic rings. The Bertz CT molecular complexity index is 141. The van der Waals surface area contributed by atoms with Crippen LogP contribution in [0.2, 0.25) is 0 Å². The van der Waals surface area contributed by atoms with Crippen LogP contribution in [-0.2, 0) is 0 Å². The fraction of sp³-hybridized carbons (Fsp3) is 0.600. The minimum Gasteiger partial charge on any atom is -0.0859 e. The summed E-state index contributed by atoms with van der Waals surface area (Å²) in [6, 6.07) is 0. The third-order valence-corrected chi connectivity index (χ3v) is 1.88. The molecule has 0 radical (unpaired) electrons. The molecule has 64 valence electrons. The van der Waals surface area contributed by atoms with Crippen molar-refractivity contribution in [3.63, 3.8) is 0 Å². The molecule has 1 unspecified atom stereocenters. The maximum absolute atomic E-state index is 3.27. The van der Waals surface area contributed by atoms with Gasteiger partial charge in [0.2, 0.25) is 0 Å². The van der Waals surface area contributed by atoms with E-state index < -0.39 is 0 Å². The average molecular weight is 217 g/mol. The van der Waals surface area contributed by atoms with Crippen molar-refractivity contribution in [3.05, 3.63) is 22.7 Å². The highest BCUT2D eigenvalue weighted by Crippen LogP contribution is 2.09. The van der Waals surface area contributed by atoms with Crippen molar-refractivity contribution >= 4 is 15.9 Å². The van der Waals surface area contributed by atoms with Gasteiger partial charge in [-0.25, -0.2) is 0 Å². The number of hydrogen-bond donors (Lipinski definition) is 0. The largest absolute Gasteiger partial charge is 0.0859 e. The van der Waals surface area contributed by atoms with Crippen molar-refractivity contribution < 1.29 is 0 Å². The van der Waals surface area contributed by atoms with Crippen LogP contribution in [0.5, 0.6) is 0 Å². The SMILES string of the molecule is CC(C)=CCCC(C)C=CBr. The summed E-state index contributed by atoms with van der Waals surface area (Å²) in [6.45, 7) is 6.52. The van der Waals surface area contributed by atoms with Crippen molar-refractivity contribution in [2.75, 3.05) is 0 Å². The van der Waals surface area contributed by atoms with Crippen LogP contribution in [0.25, 0.3) is 0 Å². The lowest BCUT2D eigenvalue weighted by Crippen LogP contribution is -1.86. The second kappa shape index (κ2) is 6.66. The Hall–Kier alpha value is -0.0400. The lowest BCUT2D eigenvalue weighted by molar-refractivity contribution is 0.657. The molecule has 0 aromatic carbocycles. The molecule has 1 heteroatoms. The van der Waals surface area contributed by atoms with E-state index >= 15 is 0 Å². The normalized spacial score (nSPS) is 13.5. The van der Waals surface area contributed by atoms with Crippen LogP contribution in [-0.4, -0.2) is 0 Å². The average Bonchev–Trinajstić information content (AvgIpc) is 1.87. The standard InChI is InChI=1S/C10H17Br/c1-9(2)5-4-6-10(3)7-8-11/h5,7-8,10H,4,6H2,1-3H3. The Balaban J connectivity index is 3.46. The van der Waals surface area contributed by atoms with Gasteiger partial charge in [-0.15, -0.1) is 0 Å². The van der Waals surface area contributed by atoms with E-state index in [0.29, 0.717) is 5.92 Å². The van der Waals surface area contributed by atoms with Crippen LogP contribution < -0.4 is 0 Å². The summed E-state index contributed by atoms with van der Waals surface area (Å²) < 4.78 is 0. The molecule has 0 aliphatic heterocycles. The summed E-state index contributed by atoms with van der Waals surface area (Å²) in [4.78, 5) is 1.94. The monoisotopic (exact) mass is 216 g/mol. The van der Waals surface area contributed by atoms with Gasteiger partial charge >= 0.3 is 0 Å². The van der Waals surface area contributed by atoms with E-state index in [1.165, 1.54) is 18.4 Å². The molecule has 0 spiro atoms. The lowest BCUT2D eigenvalue weighted by atomic mass is 10.1. The highest BCUT2D eigenvalue weighted by Gasteiger charge is 1.93. The molecule has 0 heterocycles. The van der Waals surface area contributed by atoms with Gasteiger partial charge in [-0.2, -0.15) is 0 Å². The van der Waals surface area contributed by atoms with E-state index in [4.69, 9.17) is 0 Å². The van der Waals surface area contributed by atoms with E-state index in [2.05, 4.69) is 48.9 Å². The quantitative estimate of drug-likeness (QED) is 0.616. The van der Waals surface area contributed by atoms with Gasteiger partial charge in [-0.05, 0) is 37.6 Å². The first-order valence-corrected chi connectivity index (χ1v) is 4.98. The molecule has 0 amide bonds. The van der Waals surface area contributed by atoms with Crippen LogP contribution in [0.3, 0.4) is 0 Å². The summed E-state index contributed by atoms with van der Waals surface area (Å²) in [5.41, 5.74) is 1.42. The lowest BCUT2D eigenvalue weighted by Gasteiger charge is -2.01. The molecule has 1 atom stereocenters. The summed E-state index contributed by atoms with van der Waals surface area (Å²) in [5, 5.41) is 0. The second-order valence-corrected chi connectivity index (χ2v) is 3.68. The molecule has 0 aromatic heterocycles. The van der Waals surface area contributed by atoms with E-state index in [1.807, 2.05) is 4.99 Å². The second-order valence-electron chi connectivity index (χ2n) is 3.15. The number of allylic oxidation sites excluding steroid dienone is 3. The van der Waals surface area contributed by atoms with Gasteiger partial charge in [0.1, 0.15) is 0 Å². The van der Waals surface area contributed by atoms with E-state index in [9.17, 15) is 0 Å². The van der Waals surface area contributed by atoms with Gasteiger partial charge in [0.25, 0.3) is 0 Å². The molecular weight excluding hydrogens is 200 g/mol. The van der Waals surface area contributed by atoms with Gasteiger partial charge < -0.3 is 0 Å². The molecule has 0 fully saturated rings. The van der Waals surface area contributed by atoms with Gasteiger partial charge in [-0.1, -0.05) is 40.6 Å². The molecule has 0 aliphatic rings. The molecule has 0 saturated heterocycles. The smallest absolute Gasteiger partial charge is 0.0226 e. The first-order chi connectivity index (χ1) is 5.16. The number of hydrogen-bond acceptors (Lipinski definition) is 0. The first kappa shape index (κ1) is 11.0. The van der Waals surface area contributed by atoms with E-state index in [1.54, 1.807) is 0 Å². The van der Waals surface area contributed by atoms with Crippen LogP contribution in [0, 0.1) is 5.92 Å². The van der Waals surface area contributed by atoms with Gasteiger partial charge in [0.15, 0.2) is 0 Å². The van der Waals surface area contributed by atoms with Crippen molar-refractivity contribution in [3.8, 4) is 0 Å². The predicted molar refractivity (Wildman–Crippen MR) is 55.9 cm³/mol. The Morgan fingerprint density at radius 1 is 1.45 bits per heavy atom. The molecule has 11 heavy (non-hydrogen) atoms. The highest BCUT2D eigenvalue weighted by molar-refractivity contribution is 9.11. The molecule has 0 N–H and O–H groups in total. The molecule has 0 nitrogen and oxygen atoms in total. The van der Waals surface area contributed by atoms with E-state index in [0.717, 1.165) is 0 Å². The maximum atomic E-state index is 3.27. The molecule has 0 aliphatic carbocycles. The van der Waals surface area contributed by atoms with Gasteiger partial charge in [0.05, 0.1) is 0 Å². The fourth-order valence-electron chi connectivity index (χ4n) is 0.855. The van der Waals surface area contributed by atoms with Crippen molar-refractivity contribution in [2.45, 2.75) is 33.6 Å². The summed E-state index contributed by atoms with van der Waals surface area (Å²) in [5.74, 6) is 0.685. The summed E-state index contributed by atoms with van der Waals surface area (Å²) in [7, 11) is 0. The van der Waals surface area contributed by atoms with Crippen molar-refractivity contribution in [1.29, 1.82) is 0 Å². The van der Waals surface area contributed by atoms with Crippen LogP contribution >= 0.6 is 15.9 Å². The van der Waals surface area contributed by atoms with Gasteiger partial charge in [-0.3, -0.25) is 0 Å². The zero-order valence-corrected chi connectivity index (χ0v) is 9.19. The van der Waals surface area contributed by atoms with Crippen molar-refractivity contribution in [2.24, 2.45) is 5.92 Å². The van der Waals surface area contributed by atoms with Crippen LogP contribution in [0.1, 0.15) is 33.6 Å². The van der Waals surface area contributed by atoms with E-state index in [-0.39, 0.29) is 0 Å². The van der Waals surface area contributed by atoms with Crippen LogP contribution in [0.4, 0.5) is 0 Å². The number of halogens is 1. The molecule has 0 bridgehead atoms.